The van der Waals surface area contributed by atoms with E-state index in [1.54, 1.807) is 29.2 Å². The van der Waals surface area contributed by atoms with Gasteiger partial charge in [-0.3, -0.25) is 19.2 Å². The van der Waals surface area contributed by atoms with Crippen molar-refractivity contribution in [3.63, 3.8) is 0 Å². The van der Waals surface area contributed by atoms with Crippen LogP contribution in [-0.2, 0) is 36.8 Å². The predicted molar refractivity (Wildman–Crippen MR) is 167 cm³/mol. The third kappa shape index (κ3) is 10.1. The molecule has 1 saturated carbocycles. The Morgan fingerprint density at radius 3 is 2.06 bits per heavy atom. The van der Waals surface area contributed by atoms with Gasteiger partial charge in [0.2, 0.25) is 23.6 Å². The molecule has 0 bridgehead atoms. The second-order valence-electron chi connectivity index (χ2n) is 11.6. The maximum absolute atomic E-state index is 14.0. The molecule has 2 aromatic carbocycles. The molecule has 3 unspecified atom stereocenters. The summed E-state index contributed by atoms with van der Waals surface area (Å²) in [6.45, 7) is 2.25. The number of likely N-dealkylation sites (N-methyl/N-ethyl adjacent to an activating group) is 1. The van der Waals surface area contributed by atoms with Gasteiger partial charge in [-0.1, -0.05) is 49.2 Å². The first kappa shape index (κ1) is 38.2. The standard InChI is InChI=1S/C30H37ClFN5O4.C2HF3O2/c1-3-4-24-28(40)37(25(26(38)34-2)18-20-5-9-21(31)10-6-20)16-15-36(24)27(39)23(35-29(41)30(33)13-14-30)17-19-7-11-22(32)12-8-19;3-2(4,5)1(6)7/h5-12,23-25H,3-4,13-18,33H2,1-2H3,(H,34,38)(H,35,41);(H,6,7). The molecule has 5 N–H and O–H groups in total. The Morgan fingerprint density at radius 2 is 1.56 bits per heavy atom. The number of halogens is 5. The smallest absolute Gasteiger partial charge is 0.475 e. The third-order valence-corrected chi connectivity index (χ3v) is 8.33. The molecule has 1 saturated heterocycles. The summed E-state index contributed by atoms with van der Waals surface area (Å²) in [5, 5.41) is 13.2. The summed E-state index contributed by atoms with van der Waals surface area (Å²) in [6.07, 6.45) is -2.61. The molecule has 2 aliphatic rings. The fourth-order valence-corrected chi connectivity index (χ4v) is 5.33. The van der Waals surface area contributed by atoms with E-state index in [2.05, 4.69) is 10.6 Å². The summed E-state index contributed by atoms with van der Waals surface area (Å²) in [5.74, 6) is -4.62. The molecule has 1 aliphatic heterocycles. The first-order valence-corrected chi connectivity index (χ1v) is 15.6. The Bertz CT molecular complexity index is 1470. The molecule has 2 aromatic rings. The molecule has 16 heteroatoms. The van der Waals surface area contributed by atoms with Gasteiger partial charge in [0, 0.05) is 38.0 Å². The van der Waals surface area contributed by atoms with E-state index in [0.29, 0.717) is 36.3 Å². The zero-order valence-corrected chi connectivity index (χ0v) is 27.1. The molecule has 2 fully saturated rings. The van der Waals surface area contributed by atoms with Crippen molar-refractivity contribution in [2.75, 3.05) is 20.1 Å². The fourth-order valence-electron chi connectivity index (χ4n) is 5.21. The van der Waals surface area contributed by atoms with Crippen molar-refractivity contribution < 1.29 is 46.6 Å². The van der Waals surface area contributed by atoms with E-state index in [1.165, 1.54) is 24.1 Å². The van der Waals surface area contributed by atoms with Gasteiger partial charge in [-0.25, -0.2) is 9.18 Å². The van der Waals surface area contributed by atoms with E-state index in [4.69, 9.17) is 27.2 Å². The van der Waals surface area contributed by atoms with E-state index in [-0.39, 0.29) is 37.7 Å². The van der Waals surface area contributed by atoms with Gasteiger partial charge in [-0.05, 0) is 54.7 Å². The van der Waals surface area contributed by atoms with Crippen LogP contribution in [0.5, 0.6) is 0 Å². The molecule has 4 rings (SSSR count). The molecule has 0 spiro atoms. The number of piperazine rings is 1. The number of amides is 4. The highest BCUT2D eigenvalue weighted by molar-refractivity contribution is 6.30. The maximum Gasteiger partial charge on any atom is 0.490 e. The number of hydrogen-bond donors (Lipinski definition) is 4. The van der Waals surface area contributed by atoms with E-state index in [9.17, 15) is 36.7 Å². The van der Waals surface area contributed by atoms with Crippen molar-refractivity contribution in [3.05, 3.63) is 70.5 Å². The number of nitrogens with zero attached hydrogens (tertiary/aromatic N) is 2. The van der Waals surface area contributed by atoms with Crippen LogP contribution in [0.2, 0.25) is 5.02 Å². The number of rotatable bonds is 11. The van der Waals surface area contributed by atoms with E-state index >= 15 is 0 Å². The lowest BCUT2D eigenvalue weighted by atomic mass is 9.97. The Labute approximate surface area is 279 Å². The highest BCUT2D eigenvalue weighted by Crippen LogP contribution is 2.32. The number of carboxylic acid groups (broad SMARTS) is 1. The molecule has 262 valence electrons. The second-order valence-corrected chi connectivity index (χ2v) is 12.1. The third-order valence-electron chi connectivity index (χ3n) is 8.08. The molecule has 4 amide bonds. The van der Waals surface area contributed by atoms with Crippen LogP contribution in [0.25, 0.3) is 0 Å². The lowest BCUT2D eigenvalue weighted by Crippen LogP contribution is -2.66. The van der Waals surface area contributed by atoms with Crippen LogP contribution >= 0.6 is 11.6 Å². The van der Waals surface area contributed by atoms with Crippen molar-refractivity contribution >= 4 is 41.2 Å². The number of carboxylic acids is 1. The van der Waals surface area contributed by atoms with Gasteiger partial charge in [0.15, 0.2) is 0 Å². The van der Waals surface area contributed by atoms with Gasteiger partial charge < -0.3 is 31.3 Å². The Morgan fingerprint density at radius 1 is 1.02 bits per heavy atom. The van der Waals surface area contributed by atoms with Gasteiger partial charge in [-0.2, -0.15) is 13.2 Å². The van der Waals surface area contributed by atoms with Gasteiger partial charge >= 0.3 is 12.1 Å². The van der Waals surface area contributed by atoms with Crippen LogP contribution in [-0.4, -0.2) is 94.5 Å². The highest BCUT2D eigenvalue weighted by Gasteiger charge is 2.48. The predicted octanol–water partition coefficient (Wildman–Crippen LogP) is 2.83. The number of hydrogen-bond acceptors (Lipinski definition) is 6. The molecule has 0 radical (unpaired) electrons. The van der Waals surface area contributed by atoms with Gasteiger partial charge in [-0.15, -0.1) is 0 Å². The molecule has 11 nitrogen and oxygen atoms in total. The number of alkyl halides is 3. The minimum absolute atomic E-state index is 0.117. The summed E-state index contributed by atoms with van der Waals surface area (Å²) >= 11 is 6.02. The minimum Gasteiger partial charge on any atom is -0.475 e. The van der Waals surface area contributed by atoms with Crippen molar-refractivity contribution in [2.45, 2.75) is 75.3 Å². The molecule has 3 atom stereocenters. The lowest BCUT2D eigenvalue weighted by Gasteiger charge is -2.44. The molecule has 1 aliphatic carbocycles. The summed E-state index contributed by atoms with van der Waals surface area (Å²) in [7, 11) is 1.53. The first-order valence-electron chi connectivity index (χ1n) is 15.2. The molecular formula is C32H38ClF4N5O6. The van der Waals surface area contributed by atoms with Crippen LogP contribution in [0, 0.1) is 5.82 Å². The second kappa shape index (κ2) is 16.2. The van der Waals surface area contributed by atoms with Crippen molar-refractivity contribution in [1.29, 1.82) is 0 Å². The summed E-state index contributed by atoms with van der Waals surface area (Å²) in [5.41, 5.74) is 6.61. The average molecular weight is 700 g/mol. The summed E-state index contributed by atoms with van der Waals surface area (Å²) in [4.78, 5) is 65.7. The number of nitrogens with one attached hydrogen (secondary N) is 2. The van der Waals surface area contributed by atoms with Gasteiger partial charge in [0.25, 0.3) is 0 Å². The maximum atomic E-state index is 14.0. The first-order chi connectivity index (χ1) is 22.5. The minimum atomic E-state index is -5.08. The monoisotopic (exact) mass is 699 g/mol. The SMILES string of the molecule is CCCC1C(=O)N(C(Cc2ccc(Cl)cc2)C(=O)NC)CCN1C(=O)C(Cc1ccc(F)cc1)NC(=O)C1(N)CC1.O=C(O)C(F)(F)F. The average Bonchev–Trinajstić information content (AvgIpc) is 3.80. The number of carbonyl (C=O) groups excluding carboxylic acids is 4. The van der Waals surface area contributed by atoms with Crippen molar-refractivity contribution in [2.24, 2.45) is 5.73 Å². The van der Waals surface area contributed by atoms with Gasteiger partial charge in [0.1, 0.15) is 23.9 Å². The van der Waals surface area contributed by atoms with Crippen LogP contribution in [0.3, 0.4) is 0 Å². The van der Waals surface area contributed by atoms with E-state index in [1.807, 2.05) is 19.1 Å². The topological polar surface area (TPSA) is 162 Å². The zero-order chi connectivity index (χ0) is 35.8. The highest BCUT2D eigenvalue weighted by atomic mass is 35.5. The largest absolute Gasteiger partial charge is 0.490 e. The molecule has 48 heavy (non-hydrogen) atoms. The quantitative estimate of drug-likeness (QED) is 0.262. The van der Waals surface area contributed by atoms with E-state index in [0.717, 1.165) is 5.56 Å². The Hall–Kier alpha value is -4.24. The van der Waals surface area contributed by atoms with Crippen molar-refractivity contribution in [3.8, 4) is 0 Å². The number of aliphatic carboxylic acids is 1. The normalized spacial score (nSPS) is 18.2. The van der Waals surface area contributed by atoms with E-state index < -0.39 is 53.4 Å². The number of nitrogens with two attached hydrogens (primary N) is 1. The van der Waals surface area contributed by atoms with Gasteiger partial charge in [0.05, 0.1) is 5.54 Å². The Kier molecular flexibility index (Phi) is 12.9. The lowest BCUT2D eigenvalue weighted by molar-refractivity contribution is -0.192. The molecule has 0 aromatic heterocycles. The Balaban J connectivity index is 0.000000804. The number of carbonyl (C=O) groups is 5. The summed E-state index contributed by atoms with van der Waals surface area (Å²) < 4.78 is 45.3. The van der Waals surface area contributed by atoms with Crippen LogP contribution < -0.4 is 16.4 Å². The summed E-state index contributed by atoms with van der Waals surface area (Å²) in [6, 6.07) is 10.3. The fraction of sp³-hybridized carbons (Fsp3) is 0.469. The van der Waals surface area contributed by atoms with Crippen LogP contribution in [0.4, 0.5) is 17.6 Å². The zero-order valence-electron chi connectivity index (χ0n) is 26.4. The van der Waals surface area contributed by atoms with Crippen LogP contribution in [0.15, 0.2) is 48.5 Å². The van der Waals surface area contributed by atoms with Crippen molar-refractivity contribution in [1.82, 2.24) is 20.4 Å². The molecule has 1 heterocycles. The molecular weight excluding hydrogens is 662 g/mol. The number of benzene rings is 2. The van der Waals surface area contributed by atoms with Crippen LogP contribution in [0.1, 0.15) is 43.7 Å².